The molecule has 1 aromatic carbocycles. The van der Waals surface area contributed by atoms with Crippen LogP contribution in [0, 0.1) is 5.82 Å². The van der Waals surface area contributed by atoms with Gasteiger partial charge in [-0.15, -0.1) is 0 Å². The average molecular weight is 309 g/mol. The maximum atomic E-state index is 13.8. The summed E-state index contributed by atoms with van der Waals surface area (Å²) in [7, 11) is 0. The summed E-state index contributed by atoms with van der Waals surface area (Å²) >= 11 is 4.78. The lowest BCUT2D eigenvalue weighted by molar-refractivity contribution is -0.0509. The van der Waals surface area contributed by atoms with Gasteiger partial charge in [0.1, 0.15) is 23.2 Å². The minimum Gasteiger partial charge on any atom is -0.491 e. The summed E-state index contributed by atoms with van der Waals surface area (Å²) < 4.78 is 25.6. The highest BCUT2D eigenvalue weighted by Crippen LogP contribution is 2.43. The summed E-state index contributed by atoms with van der Waals surface area (Å²) in [5, 5.41) is 0. The fourth-order valence-corrected chi connectivity index (χ4v) is 3.54. The van der Waals surface area contributed by atoms with Crippen molar-refractivity contribution in [2.45, 2.75) is 50.2 Å². The van der Waals surface area contributed by atoms with E-state index in [0.717, 1.165) is 12.8 Å². The molecule has 21 heavy (non-hydrogen) atoms. The molecule has 1 spiro atoms. The number of hydrogen-bond donors (Lipinski definition) is 1. The predicted octanol–water partition coefficient (Wildman–Crippen LogP) is 3.33. The number of halogens is 1. The van der Waals surface area contributed by atoms with Gasteiger partial charge in [0.2, 0.25) is 0 Å². The number of nitrogens with two attached hydrogens (primary N) is 1. The monoisotopic (exact) mass is 309 g/mol. The molecule has 0 bridgehead atoms. The third kappa shape index (κ3) is 3.19. The molecule has 1 unspecified atom stereocenters. The van der Waals surface area contributed by atoms with Crippen molar-refractivity contribution in [1.82, 2.24) is 0 Å². The van der Waals surface area contributed by atoms with Crippen LogP contribution in [0.15, 0.2) is 18.2 Å². The summed E-state index contributed by atoms with van der Waals surface area (Å²) in [6.07, 6.45) is 7.12. The lowest BCUT2D eigenvalue weighted by atomic mass is 9.98. The second kappa shape index (κ2) is 5.89. The summed E-state index contributed by atoms with van der Waals surface area (Å²) in [4.78, 5) is 0.0568. The number of benzene rings is 1. The topological polar surface area (TPSA) is 44.5 Å². The van der Waals surface area contributed by atoms with E-state index in [0.29, 0.717) is 12.4 Å². The maximum Gasteiger partial charge on any atom is 0.137 e. The Labute approximate surface area is 129 Å². The fraction of sp³-hybridized carbons (Fsp3) is 0.562. The quantitative estimate of drug-likeness (QED) is 0.867. The summed E-state index contributed by atoms with van der Waals surface area (Å²) in [6, 6.07) is 4.58. The Bertz CT molecular complexity index is 543. The molecule has 1 aromatic rings. The van der Waals surface area contributed by atoms with Crippen LogP contribution in [0.4, 0.5) is 4.39 Å². The lowest BCUT2D eigenvalue weighted by Crippen LogP contribution is -2.27. The smallest absolute Gasteiger partial charge is 0.137 e. The molecule has 5 heteroatoms. The first kappa shape index (κ1) is 14.7. The molecule has 1 saturated carbocycles. The zero-order valence-corrected chi connectivity index (χ0v) is 12.8. The molecule has 0 amide bonds. The molecular formula is C16H20FNO2S. The Kier molecular flexibility index (Phi) is 4.13. The van der Waals surface area contributed by atoms with Crippen molar-refractivity contribution in [3.63, 3.8) is 0 Å². The van der Waals surface area contributed by atoms with Gasteiger partial charge in [-0.25, -0.2) is 4.39 Å². The molecule has 2 fully saturated rings. The van der Waals surface area contributed by atoms with Gasteiger partial charge in [0.25, 0.3) is 0 Å². The third-order valence-corrected chi connectivity index (χ3v) is 4.72. The molecule has 0 radical (unpaired) electrons. The van der Waals surface area contributed by atoms with Crippen LogP contribution in [0.25, 0.3) is 0 Å². The Morgan fingerprint density at radius 1 is 1.38 bits per heavy atom. The minimum atomic E-state index is -0.445. The normalized spacial score (nSPS) is 23.6. The molecule has 1 saturated heterocycles. The molecule has 3 nitrogen and oxygen atoms in total. The van der Waals surface area contributed by atoms with Gasteiger partial charge in [-0.3, -0.25) is 0 Å². The zero-order chi connectivity index (χ0) is 14.9. The van der Waals surface area contributed by atoms with Crippen LogP contribution in [0.3, 0.4) is 0 Å². The van der Waals surface area contributed by atoms with E-state index in [1.807, 2.05) is 0 Å². The zero-order valence-electron chi connectivity index (χ0n) is 11.9. The van der Waals surface area contributed by atoms with Crippen LogP contribution < -0.4 is 10.5 Å². The van der Waals surface area contributed by atoms with E-state index >= 15 is 0 Å². The van der Waals surface area contributed by atoms with Gasteiger partial charge in [-0.1, -0.05) is 25.1 Å². The summed E-state index contributed by atoms with van der Waals surface area (Å²) in [5.74, 6) is 0.0445. The van der Waals surface area contributed by atoms with E-state index in [2.05, 4.69) is 0 Å². The van der Waals surface area contributed by atoms with Crippen LogP contribution in [0.1, 0.15) is 44.1 Å². The Morgan fingerprint density at radius 3 is 2.81 bits per heavy atom. The van der Waals surface area contributed by atoms with Crippen LogP contribution in [-0.4, -0.2) is 23.3 Å². The van der Waals surface area contributed by atoms with Gasteiger partial charge in [0.15, 0.2) is 0 Å². The highest BCUT2D eigenvalue weighted by Gasteiger charge is 2.42. The van der Waals surface area contributed by atoms with E-state index in [1.165, 1.54) is 31.7 Å². The Hall–Kier alpha value is -1.20. The van der Waals surface area contributed by atoms with Crippen molar-refractivity contribution in [2.75, 3.05) is 6.61 Å². The Morgan fingerprint density at radius 2 is 2.14 bits per heavy atom. The molecule has 1 aliphatic heterocycles. The molecule has 2 N–H and O–H groups in total. The molecule has 114 valence electrons. The standard InChI is InChI=1S/C16H20FNO2S/c17-14-9-11(3-4-13(14)15(18)21)19-10-12-5-8-16(20-12)6-1-2-7-16/h3-4,9,12H,1-2,5-8,10H2,(H2,18,21). The first-order valence-electron chi connectivity index (χ1n) is 7.48. The van der Waals surface area contributed by atoms with Crippen molar-refractivity contribution < 1.29 is 13.9 Å². The van der Waals surface area contributed by atoms with Crippen LogP contribution in [0.2, 0.25) is 0 Å². The van der Waals surface area contributed by atoms with Crippen molar-refractivity contribution in [2.24, 2.45) is 5.73 Å². The molecule has 2 aliphatic rings. The SMILES string of the molecule is NC(=S)c1ccc(OCC2CCC3(CCCC3)O2)cc1F. The fourth-order valence-electron chi connectivity index (χ4n) is 3.37. The molecule has 1 aliphatic carbocycles. The van der Waals surface area contributed by atoms with E-state index in [1.54, 1.807) is 12.1 Å². The van der Waals surface area contributed by atoms with Gasteiger partial charge in [-0.05, 0) is 37.8 Å². The molecule has 1 atom stereocenters. The van der Waals surface area contributed by atoms with Gasteiger partial charge in [0.05, 0.1) is 11.7 Å². The summed E-state index contributed by atoms with van der Waals surface area (Å²) in [5.41, 5.74) is 5.79. The number of rotatable bonds is 4. The molecule has 0 aromatic heterocycles. The molecular weight excluding hydrogens is 289 g/mol. The van der Waals surface area contributed by atoms with Crippen molar-refractivity contribution >= 4 is 17.2 Å². The molecule has 3 rings (SSSR count). The largest absolute Gasteiger partial charge is 0.491 e. The van der Waals surface area contributed by atoms with Crippen LogP contribution in [0.5, 0.6) is 5.75 Å². The number of ether oxygens (including phenoxy) is 2. The molecule has 1 heterocycles. The predicted molar refractivity (Wildman–Crippen MR) is 83.1 cm³/mol. The second-order valence-electron chi connectivity index (χ2n) is 5.99. The van der Waals surface area contributed by atoms with Gasteiger partial charge in [-0.2, -0.15) is 0 Å². The second-order valence-corrected chi connectivity index (χ2v) is 6.43. The first-order chi connectivity index (χ1) is 10.1. The highest BCUT2D eigenvalue weighted by molar-refractivity contribution is 7.80. The van der Waals surface area contributed by atoms with Gasteiger partial charge < -0.3 is 15.2 Å². The van der Waals surface area contributed by atoms with Crippen molar-refractivity contribution in [3.05, 3.63) is 29.6 Å². The van der Waals surface area contributed by atoms with Gasteiger partial charge >= 0.3 is 0 Å². The van der Waals surface area contributed by atoms with Crippen molar-refractivity contribution in [1.29, 1.82) is 0 Å². The van der Waals surface area contributed by atoms with Gasteiger partial charge in [0, 0.05) is 11.6 Å². The van der Waals surface area contributed by atoms with Crippen LogP contribution >= 0.6 is 12.2 Å². The van der Waals surface area contributed by atoms with E-state index < -0.39 is 5.82 Å². The minimum absolute atomic E-state index is 0.0568. The summed E-state index contributed by atoms with van der Waals surface area (Å²) in [6.45, 7) is 0.466. The number of hydrogen-bond acceptors (Lipinski definition) is 3. The van der Waals surface area contributed by atoms with E-state index in [4.69, 9.17) is 27.4 Å². The first-order valence-corrected chi connectivity index (χ1v) is 7.89. The average Bonchev–Trinajstić information content (AvgIpc) is 3.07. The number of thiocarbonyl (C=S) groups is 1. The van der Waals surface area contributed by atoms with E-state index in [9.17, 15) is 4.39 Å². The third-order valence-electron chi connectivity index (χ3n) is 4.50. The van der Waals surface area contributed by atoms with E-state index in [-0.39, 0.29) is 22.3 Å². The van der Waals surface area contributed by atoms with Crippen molar-refractivity contribution in [3.8, 4) is 5.75 Å². The highest BCUT2D eigenvalue weighted by atomic mass is 32.1. The maximum absolute atomic E-state index is 13.8. The lowest BCUT2D eigenvalue weighted by Gasteiger charge is -2.23. The van der Waals surface area contributed by atoms with Crippen LogP contribution in [-0.2, 0) is 4.74 Å². The Balaban J connectivity index is 1.56.